The predicted octanol–water partition coefficient (Wildman–Crippen LogP) is 1.04. The average Bonchev–Trinajstić information content (AvgIpc) is 2.20. The summed E-state index contributed by atoms with van der Waals surface area (Å²) in [5, 5.41) is 3.27. The van der Waals surface area contributed by atoms with Crippen molar-refractivity contribution < 1.29 is 0 Å². The highest BCUT2D eigenvalue weighted by atomic mass is 14.9. The molecule has 0 amide bonds. The second-order valence-corrected chi connectivity index (χ2v) is 3.16. The van der Waals surface area contributed by atoms with Crippen LogP contribution in [0.1, 0.15) is 12.0 Å². The van der Waals surface area contributed by atoms with Gasteiger partial charge in [-0.25, -0.2) is 4.98 Å². The highest BCUT2D eigenvalue weighted by molar-refractivity contribution is 5.66. The summed E-state index contributed by atoms with van der Waals surface area (Å²) < 4.78 is 0. The van der Waals surface area contributed by atoms with Crippen molar-refractivity contribution in [1.82, 2.24) is 10.3 Å². The summed E-state index contributed by atoms with van der Waals surface area (Å²) in [6.07, 6.45) is 5.12. The van der Waals surface area contributed by atoms with Crippen molar-refractivity contribution in [2.24, 2.45) is 0 Å². The van der Waals surface area contributed by atoms with Crippen LogP contribution in [0.4, 0.5) is 5.82 Å². The van der Waals surface area contributed by atoms with Crippen molar-refractivity contribution in [3.8, 4) is 0 Å². The van der Waals surface area contributed by atoms with Crippen molar-refractivity contribution in [1.29, 1.82) is 0 Å². The zero-order chi connectivity index (χ0) is 9.10. The summed E-state index contributed by atoms with van der Waals surface area (Å²) in [7, 11) is 0. The largest absolute Gasteiger partial charge is 0.384 e. The monoisotopic (exact) mass is 175 g/mol. The normalized spacial score (nSPS) is 16.8. The molecule has 1 aromatic heterocycles. The fourth-order valence-corrected chi connectivity index (χ4v) is 1.48. The van der Waals surface area contributed by atoms with Crippen molar-refractivity contribution in [2.75, 3.05) is 18.8 Å². The fourth-order valence-electron chi connectivity index (χ4n) is 1.48. The van der Waals surface area contributed by atoms with E-state index in [4.69, 9.17) is 5.73 Å². The van der Waals surface area contributed by atoms with Gasteiger partial charge in [-0.3, -0.25) is 0 Å². The van der Waals surface area contributed by atoms with Gasteiger partial charge in [0.2, 0.25) is 0 Å². The molecular weight excluding hydrogens is 162 g/mol. The van der Waals surface area contributed by atoms with E-state index in [0.717, 1.165) is 19.5 Å². The number of hydrogen-bond donors (Lipinski definition) is 2. The van der Waals surface area contributed by atoms with E-state index in [-0.39, 0.29) is 0 Å². The van der Waals surface area contributed by atoms with E-state index in [1.807, 2.05) is 18.3 Å². The lowest BCUT2D eigenvalue weighted by Gasteiger charge is -2.13. The SMILES string of the molecule is Nc1ccc(C2=CCNCC2)cn1. The quantitative estimate of drug-likeness (QED) is 0.670. The Morgan fingerprint density at radius 3 is 2.92 bits per heavy atom. The van der Waals surface area contributed by atoms with E-state index in [2.05, 4.69) is 16.4 Å². The summed E-state index contributed by atoms with van der Waals surface area (Å²) in [4.78, 5) is 4.07. The van der Waals surface area contributed by atoms with Crippen molar-refractivity contribution in [3.63, 3.8) is 0 Å². The number of rotatable bonds is 1. The summed E-state index contributed by atoms with van der Waals surface area (Å²) in [6.45, 7) is 2.01. The predicted molar refractivity (Wildman–Crippen MR) is 54.1 cm³/mol. The second kappa shape index (κ2) is 3.58. The van der Waals surface area contributed by atoms with Gasteiger partial charge >= 0.3 is 0 Å². The lowest BCUT2D eigenvalue weighted by molar-refractivity contribution is 0.738. The van der Waals surface area contributed by atoms with Gasteiger partial charge in [0.15, 0.2) is 0 Å². The minimum Gasteiger partial charge on any atom is -0.384 e. The maximum absolute atomic E-state index is 5.51. The molecule has 3 N–H and O–H groups in total. The summed E-state index contributed by atoms with van der Waals surface area (Å²) in [6, 6.07) is 3.87. The maximum atomic E-state index is 5.51. The van der Waals surface area contributed by atoms with Gasteiger partial charge < -0.3 is 11.1 Å². The molecule has 0 fully saturated rings. The molecule has 0 bridgehead atoms. The smallest absolute Gasteiger partial charge is 0.123 e. The number of pyridine rings is 1. The van der Waals surface area contributed by atoms with Crippen LogP contribution >= 0.6 is 0 Å². The lowest BCUT2D eigenvalue weighted by Crippen LogP contribution is -2.20. The Balaban J connectivity index is 2.24. The van der Waals surface area contributed by atoms with Crippen LogP contribution in [0.3, 0.4) is 0 Å². The minimum absolute atomic E-state index is 0.582. The van der Waals surface area contributed by atoms with Crippen molar-refractivity contribution in [2.45, 2.75) is 6.42 Å². The Kier molecular flexibility index (Phi) is 2.27. The Labute approximate surface area is 77.7 Å². The minimum atomic E-state index is 0.582. The van der Waals surface area contributed by atoms with Crippen molar-refractivity contribution >= 4 is 11.4 Å². The zero-order valence-electron chi connectivity index (χ0n) is 7.46. The van der Waals surface area contributed by atoms with Crippen LogP contribution in [0.15, 0.2) is 24.4 Å². The van der Waals surface area contributed by atoms with Crippen LogP contribution in [0.25, 0.3) is 5.57 Å². The third-order valence-corrected chi connectivity index (χ3v) is 2.22. The van der Waals surface area contributed by atoms with E-state index in [0.29, 0.717) is 5.82 Å². The van der Waals surface area contributed by atoms with Gasteiger partial charge in [-0.05, 0) is 36.2 Å². The van der Waals surface area contributed by atoms with E-state index in [9.17, 15) is 0 Å². The standard InChI is InChI=1S/C10H13N3/c11-10-2-1-9(7-13-10)8-3-5-12-6-4-8/h1-3,7,12H,4-6H2,(H2,11,13). The molecule has 0 saturated heterocycles. The van der Waals surface area contributed by atoms with Crippen LogP contribution in [0.2, 0.25) is 0 Å². The van der Waals surface area contributed by atoms with Crippen LogP contribution in [0.5, 0.6) is 0 Å². The van der Waals surface area contributed by atoms with Crippen LogP contribution in [0, 0.1) is 0 Å². The topological polar surface area (TPSA) is 50.9 Å². The first-order chi connectivity index (χ1) is 6.36. The molecular formula is C10H13N3. The van der Waals surface area contributed by atoms with Gasteiger partial charge in [0.05, 0.1) is 0 Å². The van der Waals surface area contributed by atoms with Gasteiger partial charge in [-0.15, -0.1) is 0 Å². The molecule has 0 radical (unpaired) electrons. The number of hydrogen-bond acceptors (Lipinski definition) is 3. The number of anilines is 1. The number of nitrogens with two attached hydrogens (primary N) is 1. The first-order valence-corrected chi connectivity index (χ1v) is 4.48. The Bertz CT molecular complexity index is 313. The maximum Gasteiger partial charge on any atom is 0.123 e. The zero-order valence-corrected chi connectivity index (χ0v) is 7.46. The van der Waals surface area contributed by atoms with Gasteiger partial charge in [0.25, 0.3) is 0 Å². The molecule has 0 aromatic carbocycles. The molecule has 68 valence electrons. The molecule has 0 aliphatic carbocycles. The number of nitrogens with one attached hydrogen (secondary N) is 1. The highest BCUT2D eigenvalue weighted by Crippen LogP contribution is 2.18. The second-order valence-electron chi connectivity index (χ2n) is 3.16. The molecule has 0 spiro atoms. The van der Waals surface area contributed by atoms with E-state index >= 15 is 0 Å². The highest BCUT2D eigenvalue weighted by Gasteiger charge is 2.04. The van der Waals surface area contributed by atoms with Gasteiger partial charge in [0, 0.05) is 12.7 Å². The van der Waals surface area contributed by atoms with Gasteiger partial charge in [0.1, 0.15) is 5.82 Å². The summed E-state index contributed by atoms with van der Waals surface area (Å²) >= 11 is 0. The fraction of sp³-hybridized carbons (Fsp3) is 0.300. The molecule has 13 heavy (non-hydrogen) atoms. The number of nitrogen functional groups attached to an aromatic ring is 1. The first kappa shape index (κ1) is 8.26. The van der Waals surface area contributed by atoms with E-state index < -0.39 is 0 Å². The Morgan fingerprint density at radius 1 is 1.38 bits per heavy atom. The molecule has 2 rings (SSSR count). The van der Waals surface area contributed by atoms with Crippen molar-refractivity contribution in [3.05, 3.63) is 30.0 Å². The molecule has 1 aromatic rings. The third-order valence-electron chi connectivity index (χ3n) is 2.22. The third kappa shape index (κ3) is 1.87. The Morgan fingerprint density at radius 2 is 2.31 bits per heavy atom. The van der Waals surface area contributed by atoms with Gasteiger partial charge in [-0.2, -0.15) is 0 Å². The Hall–Kier alpha value is -1.35. The number of aromatic nitrogens is 1. The molecule has 2 heterocycles. The molecule has 3 heteroatoms. The summed E-state index contributed by atoms with van der Waals surface area (Å²) in [5.41, 5.74) is 8.07. The van der Waals surface area contributed by atoms with Gasteiger partial charge in [-0.1, -0.05) is 6.08 Å². The molecule has 0 saturated carbocycles. The van der Waals surface area contributed by atoms with E-state index in [1.54, 1.807) is 0 Å². The molecule has 3 nitrogen and oxygen atoms in total. The molecule has 1 aliphatic rings. The van der Waals surface area contributed by atoms with Crippen LogP contribution in [-0.4, -0.2) is 18.1 Å². The molecule has 1 aliphatic heterocycles. The van der Waals surface area contributed by atoms with E-state index in [1.165, 1.54) is 11.1 Å². The molecule has 0 unspecified atom stereocenters. The van der Waals surface area contributed by atoms with Crippen LogP contribution in [-0.2, 0) is 0 Å². The number of nitrogens with zero attached hydrogens (tertiary/aromatic N) is 1. The first-order valence-electron chi connectivity index (χ1n) is 4.48. The average molecular weight is 175 g/mol. The summed E-state index contributed by atoms with van der Waals surface area (Å²) in [5.74, 6) is 0.582. The van der Waals surface area contributed by atoms with Crippen LogP contribution < -0.4 is 11.1 Å². The lowest BCUT2D eigenvalue weighted by atomic mass is 10.0. The molecule has 0 atom stereocenters.